The van der Waals surface area contributed by atoms with E-state index in [0.717, 1.165) is 42.3 Å². The highest BCUT2D eigenvalue weighted by molar-refractivity contribution is 6.30. The maximum absolute atomic E-state index is 12.7. The molecule has 0 bridgehead atoms. The second kappa shape index (κ2) is 4.99. The molecule has 4 rings (SSSR count). The Bertz CT molecular complexity index is 566. The third-order valence-corrected chi connectivity index (χ3v) is 5.55. The van der Waals surface area contributed by atoms with Gasteiger partial charge in [0.1, 0.15) is 11.7 Å². The summed E-state index contributed by atoms with van der Waals surface area (Å²) in [6.07, 6.45) is 7.12. The third-order valence-electron chi connectivity index (χ3n) is 5.31. The number of rotatable bonds is 4. The molecule has 1 unspecified atom stereocenters. The van der Waals surface area contributed by atoms with Gasteiger partial charge in [0.15, 0.2) is 0 Å². The molecule has 1 N–H and O–H groups in total. The molecule has 3 fully saturated rings. The summed E-state index contributed by atoms with van der Waals surface area (Å²) in [7, 11) is 0. The number of benzene rings is 1. The van der Waals surface area contributed by atoms with Crippen molar-refractivity contribution in [1.29, 1.82) is 0 Å². The van der Waals surface area contributed by atoms with E-state index in [4.69, 9.17) is 11.6 Å². The van der Waals surface area contributed by atoms with Crippen molar-refractivity contribution in [3.05, 3.63) is 34.9 Å². The van der Waals surface area contributed by atoms with Gasteiger partial charge in [-0.15, -0.1) is 0 Å². The topological polar surface area (TPSA) is 32.3 Å². The van der Waals surface area contributed by atoms with E-state index in [9.17, 15) is 4.79 Å². The van der Waals surface area contributed by atoms with Crippen LogP contribution in [-0.2, 0) is 4.79 Å². The minimum absolute atomic E-state index is 0.00113. The van der Waals surface area contributed by atoms with E-state index in [1.165, 1.54) is 19.3 Å². The minimum atomic E-state index is -0.257. The van der Waals surface area contributed by atoms with E-state index in [1.54, 1.807) is 0 Å². The van der Waals surface area contributed by atoms with Crippen LogP contribution in [0, 0.1) is 5.92 Å². The molecule has 1 aliphatic heterocycles. The summed E-state index contributed by atoms with van der Waals surface area (Å²) in [5, 5.41) is 4.30. The molecular weight excluding hydrogens is 284 g/mol. The van der Waals surface area contributed by atoms with Crippen LogP contribution in [0.4, 0.5) is 0 Å². The lowest BCUT2D eigenvalue weighted by molar-refractivity contribution is -0.131. The van der Waals surface area contributed by atoms with Gasteiger partial charge in [-0.25, -0.2) is 0 Å². The van der Waals surface area contributed by atoms with Crippen LogP contribution in [0.25, 0.3) is 0 Å². The molecule has 1 heterocycles. The number of nitrogens with one attached hydrogen (secondary N) is 1. The first-order chi connectivity index (χ1) is 10.2. The van der Waals surface area contributed by atoms with Gasteiger partial charge in [0.2, 0.25) is 5.91 Å². The van der Waals surface area contributed by atoms with Crippen molar-refractivity contribution in [2.24, 2.45) is 5.92 Å². The van der Waals surface area contributed by atoms with Crippen LogP contribution in [0.1, 0.15) is 50.3 Å². The summed E-state index contributed by atoms with van der Waals surface area (Å²) < 4.78 is 0. The minimum Gasteiger partial charge on any atom is -0.321 e. The Morgan fingerprint density at radius 2 is 2.14 bits per heavy atom. The molecule has 112 valence electrons. The predicted octanol–water partition coefficient (Wildman–Crippen LogP) is 3.49. The highest BCUT2D eigenvalue weighted by Gasteiger charge is 2.59. The molecule has 1 aromatic carbocycles. The second-order valence-electron chi connectivity index (χ2n) is 6.77. The van der Waals surface area contributed by atoms with Gasteiger partial charge in [0, 0.05) is 11.6 Å². The fourth-order valence-corrected chi connectivity index (χ4v) is 3.75. The number of amides is 1. The summed E-state index contributed by atoms with van der Waals surface area (Å²) >= 11 is 6.12. The Balaban J connectivity index is 1.55. The van der Waals surface area contributed by atoms with Crippen LogP contribution in [0.2, 0.25) is 5.02 Å². The number of halogens is 1. The van der Waals surface area contributed by atoms with Crippen molar-refractivity contribution >= 4 is 17.5 Å². The summed E-state index contributed by atoms with van der Waals surface area (Å²) in [6.45, 7) is 0.870. The van der Waals surface area contributed by atoms with Gasteiger partial charge in [-0.2, -0.15) is 0 Å². The summed E-state index contributed by atoms with van der Waals surface area (Å²) in [6, 6.07) is 7.89. The van der Waals surface area contributed by atoms with Gasteiger partial charge in [-0.05, 0) is 42.9 Å². The van der Waals surface area contributed by atoms with Crippen molar-refractivity contribution < 1.29 is 4.79 Å². The highest BCUT2D eigenvalue weighted by Crippen LogP contribution is 2.46. The first-order valence-corrected chi connectivity index (χ1v) is 8.40. The van der Waals surface area contributed by atoms with Crippen LogP contribution in [0.15, 0.2) is 24.3 Å². The van der Waals surface area contributed by atoms with Crippen LogP contribution in [0.5, 0.6) is 0 Å². The zero-order valence-electron chi connectivity index (χ0n) is 12.1. The number of nitrogens with zero attached hydrogens (tertiary/aromatic N) is 1. The molecule has 21 heavy (non-hydrogen) atoms. The lowest BCUT2D eigenvalue weighted by atomic mass is 9.83. The normalized spacial score (nSPS) is 27.2. The molecule has 0 aromatic heterocycles. The zero-order valence-corrected chi connectivity index (χ0v) is 12.9. The van der Waals surface area contributed by atoms with Crippen LogP contribution in [0.3, 0.4) is 0 Å². The average molecular weight is 305 g/mol. The first-order valence-electron chi connectivity index (χ1n) is 8.02. The first kappa shape index (κ1) is 13.6. The maximum Gasteiger partial charge on any atom is 0.244 e. The molecule has 3 nitrogen and oxygen atoms in total. The monoisotopic (exact) mass is 304 g/mol. The molecule has 1 aromatic rings. The maximum atomic E-state index is 12.7. The molecule has 1 atom stereocenters. The molecule has 1 amide bonds. The fourth-order valence-electron chi connectivity index (χ4n) is 3.55. The van der Waals surface area contributed by atoms with Crippen LogP contribution >= 0.6 is 11.6 Å². The van der Waals surface area contributed by atoms with Crippen molar-refractivity contribution in [2.45, 2.75) is 50.2 Å². The average Bonchev–Trinajstić information content (AvgIpc) is 3.14. The van der Waals surface area contributed by atoms with E-state index in [-0.39, 0.29) is 11.7 Å². The fraction of sp³-hybridized carbons (Fsp3) is 0.588. The van der Waals surface area contributed by atoms with Gasteiger partial charge in [-0.3, -0.25) is 10.1 Å². The van der Waals surface area contributed by atoms with Gasteiger partial charge in [0.05, 0.1) is 0 Å². The van der Waals surface area contributed by atoms with Crippen LogP contribution in [-0.4, -0.2) is 22.9 Å². The molecular formula is C17H21ClN2O. The quantitative estimate of drug-likeness (QED) is 0.923. The molecule has 0 radical (unpaired) electrons. The molecule has 1 saturated heterocycles. The number of hydrogen-bond acceptors (Lipinski definition) is 2. The Labute approximate surface area is 130 Å². The smallest absolute Gasteiger partial charge is 0.244 e. The number of hydrogen-bond donors (Lipinski definition) is 1. The molecule has 2 aliphatic carbocycles. The largest absolute Gasteiger partial charge is 0.321 e. The standard InChI is InChI=1S/C17H21ClN2O/c18-14-6-2-5-13(11-14)15-19-17(8-9-17)16(21)20(15)10-7-12-3-1-4-12/h2,5-6,11-12,15,19H,1,3-4,7-10H2. The molecule has 4 heteroatoms. The molecule has 2 saturated carbocycles. The summed E-state index contributed by atoms with van der Waals surface area (Å²) in [4.78, 5) is 14.8. The lowest BCUT2D eigenvalue weighted by Gasteiger charge is -2.30. The second-order valence-corrected chi connectivity index (χ2v) is 7.20. The SMILES string of the molecule is O=C1N(CCC2CCC2)C(c2cccc(Cl)c2)NC12CC2. The van der Waals surface area contributed by atoms with Gasteiger partial charge >= 0.3 is 0 Å². The van der Waals surface area contributed by atoms with Crippen LogP contribution < -0.4 is 5.32 Å². The van der Waals surface area contributed by atoms with E-state index < -0.39 is 0 Å². The lowest BCUT2D eigenvalue weighted by Crippen LogP contribution is -2.34. The third kappa shape index (κ3) is 2.36. The predicted molar refractivity (Wildman–Crippen MR) is 83.0 cm³/mol. The highest BCUT2D eigenvalue weighted by atomic mass is 35.5. The Morgan fingerprint density at radius 3 is 2.76 bits per heavy atom. The number of carbonyl (C=O) groups is 1. The van der Waals surface area contributed by atoms with E-state index in [2.05, 4.69) is 16.3 Å². The van der Waals surface area contributed by atoms with E-state index in [0.29, 0.717) is 5.91 Å². The van der Waals surface area contributed by atoms with E-state index >= 15 is 0 Å². The Kier molecular flexibility index (Phi) is 3.23. The zero-order chi connectivity index (χ0) is 14.4. The summed E-state index contributed by atoms with van der Waals surface area (Å²) in [5.41, 5.74) is 0.848. The van der Waals surface area contributed by atoms with E-state index in [1.807, 2.05) is 18.2 Å². The number of carbonyl (C=O) groups excluding carboxylic acids is 1. The van der Waals surface area contributed by atoms with Crippen molar-refractivity contribution in [3.63, 3.8) is 0 Å². The van der Waals surface area contributed by atoms with Gasteiger partial charge in [0.25, 0.3) is 0 Å². The summed E-state index contributed by atoms with van der Waals surface area (Å²) in [5.74, 6) is 1.13. The van der Waals surface area contributed by atoms with Gasteiger partial charge < -0.3 is 4.90 Å². The molecule has 3 aliphatic rings. The molecule has 1 spiro atoms. The van der Waals surface area contributed by atoms with Crippen molar-refractivity contribution in [1.82, 2.24) is 10.2 Å². The van der Waals surface area contributed by atoms with Crippen molar-refractivity contribution in [3.8, 4) is 0 Å². The Hall–Kier alpha value is -1.06. The van der Waals surface area contributed by atoms with Gasteiger partial charge in [-0.1, -0.05) is 43.0 Å². The Morgan fingerprint density at radius 1 is 1.33 bits per heavy atom. The van der Waals surface area contributed by atoms with Crippen molar-refractivity contribution in [2.75, 3.05) is 6.54 Å².